The molecule has 1 saturated heterocycles. The fourth-order valence-corrected chi connectivity index (χ4v) is 4.30. The Morgan fingerprint density at radius 1 is 1.10 bits per heavy atom. The van der Waals surface area contributed by atoms with Crippen LogP contribution < -0.4 is 10.2 Å². The molecule has 1 atom stereocenters. The molecule has 1 aliphatic rings. The number of aliphatic hydroxyl groups excluding tert-OH is 1. The minimum Gasteiger partial charge on any atom is -0.392 e. The first-order valence-electron chi connectivity index (χ1n) is 10.3. The monoisotopic (exact) mass is 399 g/mol. The van der Waals surface area contributed by atoms with Gasteiger partial charge in [-0.15, -0.1) is 0 Å². The van der Waals surface area contributed by atoms with Crippen molar-refractivity contribution in [2.75, 3.05) is 37.6 Å². The molecular formula is C23H30FN3O2. The first kappa shape index (κ1) is 21.3. The van der Waals surface area contributed by atoms with Crippen LogP contribution in [0.15, 0.2) is 48.5 Å². The number of rotatable bonds is 7. The molecule has 1 amide bonds. The number of amides is 1. The summed E-state index contributed by atoms with van der Waals surface area (Å²) in [7, 11) is 0. The van der Waals surface area contributed by atoms with Crippen molar-refractivity contribution in [2.24, 2.45) is 0 Å². The number of hydrogen-bond acceptors (Lipinski definition) is 4. The lowest BCUT2D eigenvalue weighted by molar-refractivity contribution is -0.135. The van der Waals surface area contributed by atoms with Gasteiger partial charge in [0, 0.05) is 32.7 Å². The number of piperazine rings is 1. The molecule has 1 unspecified atom stereocenters. The molecule has 156 valence electrons. The number of hydrogen-bond donors (Lipinski definition) is 2. The van der Waals surface area contributed by atoms with Gasteiger partial charge in [0.2, 0.25) is 5.91 Å². The van der Waals surface area contributed by atoms with E-state index in [1.54, 1.807) is 12.1 Å². The Morgan fingerprint density at radius 2 is 1.79 bits per heavy atom. The second kappa shape index (κ2) is 9.37. The summed E-state index contributed by atoms with van der Waals surface area (Å²) in [4.78, 5) is 17.5. The highest BCUT2D eigenvalue weighted by molar-refractivity contribution is 5.87. The number of anilines is 1. The number of likely N-dealkylation sites (N-methyl/N-ethyl adjacent to an activating group) is 1. The van der Waals surface area contributed by atoms with Crippen LogP contribution in [0.25, 0.3) is 0 Å². The first-order valence-corrected chi connectivity index (χ1v) is 10.3. The molecule has 0 saturated carbocycles. The third kappa shape index (κ3) is 4.14. The van der Waals surface area contributed by atoms with E-state index in [9.17, 15) is 14.3 Å². The van der Waals surface area contributed by atoms with Crippen LogP contribution in [0.5, 0.6) is 0 Å². The summed E-state index contributed by atoms with van der Waals surface area (Å²) in [6.07, 6.45) is 0.655. The molecule has 6 heteroatoms. The normalized spacial score (nSPS) is 17.0. The average Bonchev–Trinajstić information content (AvgIpc) is 2.76. The van der Waals surface area contributed by atoms with Crippen molar-refractivity contribution in [3.8, 4) is 0 Å². The lowest BCUT2D eigenvalue weighted by Gasteiger charge is -2.47. The summed E-state index contributed by atoms with van der Waals surface area (Å²) in [5, 5.41) is 12.2. The highest BCUT2D eigenvalue weighted by Gasteiger charge is 2.44. The second-order valence-electron chi connectivity index (χ2n) is 7.36. The zero-order chi connectivity index (χ0) is 20.9. The maximum Gasteiger partial charge on any atom is 0.245 e. The van der Waals surface area contributed by atoms with Gasteiger partial charge in [0.15, 0.2) is 0 Å². The van der Waals surface area contributed by atoms with Gasteiger partial charge in [-0.2, -0.15) is 0 Å². The van der Waals surface area contributed by atoms with Crippen LogP contribution in [0.4, 0.5) is 10.1 Å². The van der Waals surface area contributed by atoms with Crippen molar-refractivity contribution in [1.82, 2.24) is 10.2 Å². The molecule has 2 aromatic carbocycles. The van der Waals surface area contributed by atoms with Gasteiger partial charge < -0.3 is 15.3 Å². The van der Waals surface area contributed by atoms with E-state index in [4.69, 9.17) is 0 Å². The number of halogens is 1. The quantitative estimate of drug-likeness (QED) is 0.752. The Hall–Kier alpha value is -2.44. The highest BCUT2D eigenvalue weighted by Crippen LogP contribution is 2.34. The van der Waals surface area contributed by atoms with Gasteiger partial charge in [0.05, 0.1) is 12.3 Å². The number of carbonyl (C=O) groups is 1. The molecule has 1 fully saturated rings. The van der Waals surface area contributed by atoms with Crippen molar-refractivity contribution >= 4 is 11.6 Å². The molecule has 1 heterocycles. The van der Waals surface area contributed by atoms with Gasteiger partial charge in [-0.05, 0) is 36.6 Å². The molecular weight excluding hydrogens is 369 g/mol. The molecule has 29 heavy (non-hydrogen) atoms. The molecule has 0 radical (unpaired) electrons. The van der Waals surface area contributed by atoms with Gasteiger partial charge in [0.1, 0.15) is 11.4 Å². The van der Waals surface area contributed by atoms with E-state index in [2.05, 4.69) is 10.2 Å². The maximum atomic E-state index is 14.5. The zero-order valence-electron chi connectivity index (χ0n) is 17.2. The molecule has 2 N–H and O–H groups in total. The number of aliphatic hydroxyl groups is 1. The Kier molecular flexibility index (Phi) is 6.87. The number of nitrogens with one attached hydrogen (secondary N) is 1. The van der Waals surface area contributed by atoms with Crippen LogP contribution in [0.1, 0.15) is 31.4 Å². The van der Waals surface area contributed by atoms with Crippen molar-refractivity contribution in [3.05, 3.63) is 65.5 Å². The predicted octanol–water partition coefficient (Wildman–Crippen LogP) is 2.88. The van der Waals surface area contributed by atoms with E-state index < -0.39 is 5.54 Å². The first-order chi connectivity index (χ1) is 14.1. The van der Waals surface area contributed by atoms with E-state index >= 15 is 0 Å². The lowest BCUT2D eigenvalue weighted by Crippen LogP contribution is -2.61. The summed E-state index contributed by atoms with van der Waals surface area (Å²) in [6, 6.07) is 14.8. The molecule has 5 nitrogen and oxygen atoms in total. The predicted molar refractivity (Wildman–Crippen MR) is 113 cm³/mol. The fraction of sp³-hybridized carbons (Fsp3) is 0.435. The smallest absolute Gasteiger partial charge is 0.245 e. The second-order valence-corrected chi connectivity index (χ2v) is 7.36. The van der Waals surface area contributed by atoms with Crippen LogP contribution in [0.3, 0.4) is 0 Å². The number of nitrogens with zero attached hydrogens (tertiary/aromatic N) is 2. The SMILES string of the molecule is CCNC(=O)C(CC)(c1ccccc1)N1CCN(c2ccc(CO)cc2F)CC1. The van der Waals surface area contributed by atoms with Gasteiger partial charge in [-0.25, -0.2) is 4.39 Å². The van der Waals surface area contributed by atoms with E-state index in [1.807, 2.05) is 49.1 Å². The third-order valence-electron chi connectivity index (χ3n) is 5.83. The lowest BCUT2D eigenvalue weighted by atomic mass is 9.83. The molecule has 3 rings (SSSR count). The molecule has 0 bridgehead atoms. The van der Waals surface area contributed by atoms with Crippen LogP contribution in [-0.2, 0) is 16.9 Å². The van der Waals surface area contributed by atoms with E-state index in [-0.39, 0.29) is 18.3 Å². The van der Waals surface area contributed by atoms with Crippen LogP contribution in [0.2, 0.25) is 0 Å². The standard InChI is InChI=1S/C23H30FN3O2/c1-3-23(22(29)25-4-2,19-8-6-5-7-9-19)27-14-12-26(13-15-27)21-11-10-18(17-28)16-20(21)24/h5-11,16,28H,3-4,12-15,17H2,1-2H3,(H,25,29). The maximum absolute atomic E-state index is 14.5. The highest BCUT2D eigenvalue weighted by atomic mass is 19.1. The Morgan fingerprint density at radius 3 is 2.34 bits per heavy atom. The van der Waals surface area contributed by atoms with Crippen molar-refractivity contribution in [2.45, 2.75) is 32.4 Å². The van der Waals surface area contributed by atoms with Gasteiger partial charge in [-0.3, -0.25) is 9.69 Å². The van der Waals surface area contributed by atoms with E-state index in [0.717, 1.165) is 5.56 Å². The summed E-state index contributed by atoms with van der Waals surface area (Å²) in [6.45, 7) is 6.94. The van der Waals surface area contributed by atoms with Crippen molar-refractivity contribution in [1.29, 1.82) is 0 Å². The minimum absolute atomic E-state index is 0.0145. The van der Waals surface area contributed by atoms with Gasteiger partial charge >= 0.3 is 0 Å². The third-order valence-corrected chi connectivity index (χ3v) is 5.83. The molecule has 0 aliphatic carbocycles. The van der Waals surface area contributed by atoms with E-state index in [1.165, 1.54) is 6.07 Å². The summed E-state index contributed by atoms with van der Waals surface area (Å²) in [5.74, 6) is -0.306. The molecule has 0 spiro atoms. The Labute approximate surface area is 172 Å². The van der Waals surface area contributed by atoms with Gasteiger partial charge in [0.25, 0.3) is 0 Å². The van der Waals surface area contributed by atoms with Crippen LogP contribution in [-0.4, -0.2) is 48.6 Å². The van der Waals surface area contributed by atoms with Crippen LogP contribution in [0, 0.1) is 5.82 Å². The Bertz CT molecular complexity index is 822. The molecule has 0 aromatic heterocycles. The molecule has 1 aliphatic heterocycles. The van der Waals surface area contributed by atoms with E-state index in [0.29, 0.717) is 50.4 Å². The average molecular weight is 400 g/mol. The molecule has 2 aromatic rings. The van der Waals surface area contributed by atoms with Crippen molar-refractivity contribution in [3.63, 3.8) is 0 Å². The van der Waals surface area contributed by atoms with Crippen molar-refractivity contribution < 1.29 is 14.3 Å². The number of benzene rings is 2. The fourth-order valence-electron chi connectivity index (χ4n) is 4.30. The largest absolute Gasteiger partial charge is 0.392 e. The number of carbonyl (C=O) groups excluding carboxylic acids is 1. The summed E-state index contributed by atoms with van der Waals surface area (Å²) in [5.41, 5.74) is 1.36. The summed E-state index contributed by atoms with van der Waals surface area (Å²) >= 11 is 0. The van der Waals surface area contributed by atoms with Crippen LogP contribution >= 0.6 is 0 Å². The van der Waals surface area contributed by atoms with Gasteiger partial charge in [-0.1, -0.05) is 43.3 Å². The zero-order valence-corrected chi connectivity index (χ0v) is 17.2. The minimum atomic E-state index is -0.733. The summed E-state index contributed by atoms with van der Waals surface area (Å²) < 4.78 is 14.5. The topological polar surface area (TPSA) is 55.8 Å². The Balaban J connectivity index is 1.84.